The molecular formula is C17H18FN3O2S. The average Bonchev–Trinajstić information content (AvgIpc) is 2.96. The van der Waals surface area contributed by atoms with Crippen molar-refractivity contribution >= 4 is 22.6 Å². The number of nitrogens with one attached hydrogen (secondary N) is 1. The molecule has 0 saturated heterocycles. The third kappa shape index (κ3) is 3.69. The number of amidine groups is 1. The van der Waals surface area contributed by atoms with Gasteiger partial charge in [-0.1, -0.05) is 23.9 Å². The van der Waals surface area contributed by atoms with Gasteiger partial charge in [-0.05, 0) is 42.0 Å². The first-order chi connectivity index (χ1) is 11.6. The van der Waals surface area contributed by atoms with E-state index in [2.05, 4.69) is 10.3 Å². The summed E-state index contributed by atoms with van der Waals surface area (Å²) < 4.78 is 18.1. The van der Waals surface area contributed by atoms with Crippen LogP contribution in [0.4, 0.5) is 10.1 Å². The van der Waals surface area contributed by atoms with Crippen LogP contribution in [0.25, 0.3) is 0 Å². The molecule has 1 aliphatic heterocycles. The van der Waals surface area contributed by atoms with Crippen molar-refractivity contribution in [2.75, 3.05) is 12.4 Å². The molecule has 0 aromatic heterocycles. The lowest BCUT2D eigenvalue weighted by Gasteiger charge is -2.20. The van der Waals surface area contributed by atoms with Crippen LogP contribution in [0.2, 0.25) is 0 Å². The zero-order chi connectivity index (χ0) is 17.1. The molecule has 3 atom stereocenters. The lowest BCUT2D eigenvalue weighted by molar-refractivity contribution is 0.167. The van der Waals surface area contributed by atoms with E-state index >= 15 is 0 Å². The molecule has 4 N–H and O–H groups in total. The highest BCUT2D eigenvalue weighted by molar-refractivity contribution is 8.15. The van der Waals surface area contributed by atoms with E-state index in [1.54, 1.807) is 31.4 Å². The minimum atomic E-state index is -0.757. The Labute approximate surface area is 143 Å². The number of ether oxygens (including phenoxy) is 1. The van der Waals surface area contributed by atoms with Gasteiger partial charge in [0.25, 0.3) is 0 Å². The summed E-state index contributed by atoms with van der Waals surface area (Å²) in [7, 11) is 1.59. The van der Waals surface area contributed by atoms with Crippen LogP contribution in [0, 0.1) is 5.82 Å². The fourth-order valence-corrected chi connectivity index (χ4v) is 3.50. The summed E-state index contributed by atoms with van der Waals surface area (Å²) >= 11 is 1.37. The molecule has 0 amide bonds. The molecule has 5 nitrogen and oxygen atoms in total. The van der Waals surface area contributed by atoms with Crippen molar-refractivity contribution in [1.82, 2.24) is 0 Å². The Morgan fingerprint density at radius 2 is 1.88 bits per heavy atom. The van der Waals surface area contributed by atoms with Gasteiger partial charge in [0, 0.05) is 5.69 Å². The summed E-state index contributed by atoms with van der Waals surface area (Å²) in [5, 5.41) is 14.0. The summed E-state index contributed by atoms with van der Waals surface area (Å²) in [5.74, 6) is 0.426. The number of methoxy groups -OCH3 is 1. The minimum Gasteiger partial charge on any atom is -0.497 e. The van der Waals surface area contributed by atoms with E-state index in [9.17, 15) is 9.50 Å². The molecule has 3 rings (SSSR count). The lowest BCUT2D eigenvalue weighted by Crippen LogP contribution is -2.32. The molecule has 2 aromatic carbocycles. The Morgan fingerprint density at radius 3 is 2.50 bits per heavy atom. The number of thioether (sulfide) groups is 1. The number of aliphatic hydroxyl groups excluding tert-OH is 1. The minimum absolute atomic E-state index is 0.300. The first kappa shape index (κ1) is 16.8. The van der Waals surface area contributed by atoms with Crippen LogP contribution in [-0.2, 0) is 0 Å². The fourth-order valence-electron chi connectivity index (χ4n) is 2.40. The quantitative estimate of drug-likeness (QED) is 0.792. The molecule has 0 bridgehead atoms. The number of hydrogen-bond donors (Lipinski definition) is 3. The van der Waals surface area contributed by atoms with Gasteiger partial charge in [-0.25, -0.2) is 9.38 Å². The molecule has 0 radical (unpaired) electrons. The molecule has 0 spiro atoms. The molecule has 3 unspecified atom stereocenters. The molecule has 2 aromatic rings. The summed E-state index contributed by atoms with van der Waals surface area (Å²) in [4.78, 5) is 4.34. The van der Waals surface area contributed by atoms with Gasteiger partial charge in [-0.15, -0.1) is 0 Å². The molecule has 0 saturated carbocycles. The Bertz CT molecular complexity index is 722. The van der Waals surface area contributed by atoms with E-state index in [0.717, 1.165) is 17.0 Å². The van der Waals surface area contributed by atoms with Gasteiger partial charge in [0.2, 0.25) is 0 Å². The number of aliphatic imine (C=N–C) groups is 1. The molecule has 24 heavy (non-hydrogen) atoms. The molecule has 1 heterocycles. The van der Waals surface area contributed by atoms with Crippen molar-refractivity contribution < 1.29 is 14.2 Å². The van der Waals surface area contributed by atoms with Gasteiger partial charge in [-0.3, -0.25) is 0 Å². The van der Waals surface area contributed by atoms with E-state index in [0.29, 0.717) is 5.17 Å². The van der Waals surface area contributed by atoms with Crippen molar-refractivity contribution in [3.05, 3.63) is 59.9 Å². The van der Waals surface area contributed by atoms with Crippen LogP contribution in [0.3, 0.4) is 0 Å². The fraction of sp³-hybridized carbons (Fsp3) is 0.235. The SMILES string of the molecule is COc1ccc(C(O)C2SC(Nc3ccc(F)cc3)=NC2N)cc1. The number of halogens is 1. The Kier molecular flexibility index (Phi) is 5.03. The zero-order valence-corrected chi connectivity index (χ0v) is 13.8. The first-order valence-corrected chi connectivity index (χ1v) is 8.29. The van der Waals surface area contributed by atoms with Gasteiger partial charge in [0.1, 0.15) is 17.7 Å². The van der Waals surface area contributed by atoms with Crippen molar-refractivity contribution in [1.29, 1.82) is 0 Å². The monoisotopic (exact) mass is 347 g/mol. The van der Waals surface area contributed by atoms with Crippen molar-refractivity contribution in [2.24, 2.45) is 10.7 Å². The van der Waals surface area contributed by atoms with Crippen LogP contribution in [-0.4, -0.2) is 28.8 Å². The van der Waals surface area contributed by atoms with E-state index < -0.39 is 12.3 Å². The molecule has 7 heteroatoms. The van der Waals surface area contributed by atoms with Gasteiger partial charge in [0.15, 0.2) is 5.17 Å². The maximum atomic E-state index is 12.9. The summed E-state index contributed by atoms with van der Waals surface area (Å²) in [6, 6.07) is 13.2. The number of aliphatic hydroxyl groups is 1. The molecule has 1 aliphatic rings. The smallest absolute Gasteiger partial charge is 0.163 e. The van der Waals surface area contributed by atoms with E-state index in [4.69, 9.17) is 10.5 Å². The van der Waals surface area contributed by atoms with Gasteiger partial charge in [0.05, 0.1) is 18.5 Å². The van der Waals surface area contributed by atoms with E-state index in [1.807, 2.05) is 12.1 Å². The predicted molar refractivity (Wildman–Crippen MR) is 94.8 cm³/mol. The molecule has 0 fully saturated rings. The maximum absolute atomic E-state index is 12.9. The predicted octanol–water partition coefficient (Wildman–Crippen LogP) is 2.74. The Balaban J connectivity index is 1.66. The molecule has 126 valence electrons. The Hall–Kier alpha value is -2.09. The number of nitrogens with zero attached hydrogens (tertiary/aromatic N) is 1. The highest BCUT2D eigenvalue weighted by Crippen LogP contribution is 2.35. The largest absolute Gasteiger partial charge is 0.497 e. The number of benzene rings is 2. The molecular weight excluding hydrogens is 329 g/mol. The third-order valence-electron chi connectivity index (χ3n) is 3.71. The standard InChI is InChI=1S/C17H18FN3O2S/c1-23-13-8-2-10(3-9-13)14(22)15-16(19)21-17(24-15)20-12-6-4-11(18)5-7-12/h2-9,14-16,22H,19H2,1H3,(H,20,21). The van der Waals surface area contributed by atoms with Crippen LogP contribution in [0.15, 0.2) is 53.5 Å². The number of anilines is 1. The summed E-state index contributed by atoms with van der Waals surface area (Å²) in [6.07, 6.45) is -1.29. The van der Waals surface area contributed by atoms with Gasteiger partial charge in [-0.2, -0.15) is 0 Å². The summed E-state index contributed by atoms with van der Waals surface area (Å²) in [6.45, 7) is 0. The first-order valence-electron chi connectivity index (χ1n) is 7.41. The average molecular weight is 347 g/mol. The Morgan fingerprint density at radius 1 is 1.21 bits per heavy atom. The van der Waals surface area contributed by atoms with Crippen molar-refractivity contribution in [3.8, 4) is 5.75 Å². The van der Waals surface area contributed by atoms with Crippen LogP contribution in [0.5, 0.6) is 5.75 Å². The van der Waals surface area contributed by atoms with Gasteiger partial charge < -0.3 is 20.9 Å². The lowest BCUT2D eigenvalue weighted by atomic mass is 10.0. The highest BCUT2D eigenvalue weighted by Gasteiger charge is 2.34. The van der Waals surface area contributed by atoms with E-state index in [1.165, 1.54) is 23.9 Å². The van der Waals surface area contributed by atoms with Crippen molar-refractivity contribution in [2.45, 2.75) is 17.5 Å². The number of nitrogens with two attached hydrogens (primary N) is 1. The second-order valence-electron chi connectivity index (χ2n) is 5.36. The highest BCUT2D eigenvalue weighted by atomic mass is 32.2. The van der Waals surface area contributed by atoms with Crippen LogP contribution >= 0.6 is 11.8 Å². The van der Waals surface area contributed by atoms with Crippen LogP contribution < -0.4 is 15.8 Å². The normalized spacial score (nSPS) is 21.2. The van der Waals surface area contributed by atoms with Gasteiger partial charge >= 0.3 is 0 Å². The second kappa shape index (κ2) is 7.21. The topological polar surface area (TPSA) is 79.9 Å². The number of rotatable bonds is 4. The maximum Gasteiger partial charge on any atom is 0.163 e. The molecule has 0 aliphatic carbocycles. The van der Waals surface area contributed by atoms with Crippen molar-refractivity contribution in [3.63, 3.8) is 0 Å². The summed E-state index contributed by atoms with van der Waals surface area (Å²) in [5.41, 5.74) is 7.52. The number of hydrogen-bond acceptors (Lipinski definition) is 6. The van der Waals surface area contributed by atoms with E-state index in [-0.39, 0.29) is 11.1 Å². The second-order valence-corrected chi connectivity index (χ2v) is 6.52. The zero-order valence-electron chi connectivity index (χ0n) is 13.0. The third-order valence-corrected chi connectivity index (χ3v) is 4.95. The van der Waals surface area contributed by atoms with Crippen LogP contribution in [0.1, 0.15) is 11.7 Å².